The lowest BCUT2D eigenvalue weighted by Crippen LogP contribution is -3.00. The van der Waals surface area contributed by atoms with Crippen LogP contribution in [0.1, 0.15) is 0 Å². The number of benzene rings is 4. The monoisotopic (exact) mass is 900 g/mol. The summed E-state index contributed by atoms with van der Waals surface area (Å²) in [4.78, 5) is 0. The number of imidazole rings is 4. The number of halogens is 2. The highest BCUT2D eigenvalue weighted by molar-refractivity contribution is 7.38. The van der Waals surface area contributed by atoms with Crippen LogP contribution in [0.25, 0.3) is 44.1 Å². The van der Waals surface area contributed by atoms with Gasteiger partial charge < -0.3 is 66.2 Å². The van der Waals surface area contributed by atoms with Crippen molar-refractivity contribution < 1.29 is 57.1 Å². The van der Waals surface area contributed by atoms with Crippen LogP contribution in [-0.4, -0.2) is 27.4 Å². The van der Waals surface area contributed by atoms with E-state index in [1.807, 2.05) is 0 Å². The van der Waals surface area contributed by atoms with Crippen LogP contribution in [-0.2, 0) is 56.4 Å². The van der Waals surface area contributed by atoms with Gasteiger partial charge in [0, 0.05) is 28.2 Å². The molecular weight excluding hydrogens is 860 g/mol. The summed E-state index contributed by atoms with van der Waals surface area (Å²) >= 11 is 0. The second-order valence-corrected chi connectivity index (χ2v) is 13.9. The Morgan fingerprint density at radius 3 is 0.896 bits per heavy atom. The minimum absolute atomic E-state index is 0. The van der Waals surface area contributed by atoms with Gasteiger partial charge in [-0.15, -0.1) is 0 Å². The molecule has 8 rings (SSSR count). The van der Waals surface area contributed by atoms with Gasteiger partial charge in [-0.1, -0.05) is 48.5 Å². The molecule has 0 radical (unpaired) electrons. The zero-order valence-electron chi connectivity index (χ0n) is 28.5. The lowest BCUT2D eigenvalue weighted by molar-refractivity contribution is -0.626. The van der Waals surface area contributed by atoms with Crippen molar-refractivity contribution in [1.29, 1.82) is 0 Å². The van der Waals surface area contributed by atoms with Crippen molar-refractivity contribution >= 4 is 71.7 Å². The first kappa shape index (κ1) is 36.1. The van der Waals surface area contributed by atoms with E-state index in [9.17, 15) is 0 Å². The Balaban J connectivity index is 0.000000180. The van der Waals surface area contributed by atoms with E-state index in [1.165, 1.54) is 82.1 Å². The van der Waals surface area contributed by atoms with Crippen molar-refractivity contribution in [1.82, 2.24) is 27.4 Å². The maximum Gasteiger partial charge on any atom is 0.310 e. The van der Waals surface area contributed by atoms with Gasteiger partial charge >= 0.3 is 11.1 Å². The van der Waals surface area contributed by atoms with E-state index < -0.39 is 0 Å². The summed E-state index contributed by atoms with van der Waals surface area (Å²) in [5, 5.41) is 2.54. The molecule has 48 heavy (non-hydrogen) atoms. The third-order valence-electron chi connectivity index (χ3n) is 9.22. The summed E-state index contributed by atoms with van der Waals surface area (Å²) in [5.74, 6) is 0. The second-order valence-electron chi connectivity index (χ2n) is 11.9. The molecule has 0 aliphatic carbocycles. The summed E-state index contributed by atoms with van der Waals surface area (Å²) in [6.07, 6.45) is 0. The lowest BCUT2D eigenvalue weighted by atomic mass is 10.3. The van der Waals surface area contributed by atoms with Gasteiger partial charge in [-0.3, -0.25) is 0 Å². The minimum Gasteiger partial charge on any atom is -1.00 e. The molecule has 248 valence electrons. The number of hydrogen-bond acceptors (Lipinski definition) is 0. The number of fused-ring (bicyclic) bond motifs is 4. The van der Waals surface area contributed by atoms with Crippen LogP contribution < -0.4 is 68.2 Å². The van der Waals surface area contributed by atoms with Gasteiger partial charge in [0.05, 0.1) is 66.7 Å². The molecule has 4 aromatic heterocycles. The topological polar surface area (TPSA) is 37.3 Å². The molecule has 12 heteroatoms. The zero-order valence-corrected chi connectivity index (χ0v) is 34.6. The predicted molar refractivity (Wildman–Crippen MR) is 192 cm³/mol. The first-order chi connectivity index (χ1) is 22.2. The van der Waals surface area contributed by atoms with Gasteiger partial charge in [-0.2, -0.15) is 0 Å². The Labute approximate surface area is 317 Å². The summed E-state index contributed by atoms with van der Waals surface area (Å²) in [5.41, 5.74) is 12.6. The number of rotatable bonds is 2. The average Bonchev–Trinajstić information content (AvgIpc) is 3.67. The van der Waals surface area contributed by atoms with Gasteiger partial charge in [0.1, 0.15) is 10.4 Å². The molecule has 0 amide bonds. The molecule has 8 nitrogen and oxygen atoms in total. The van der Waals surface area contributed by atoms with Crippen molar-refractivity contribution in [2.75, 3.05) is 0 Å². The fourth-order valence-corrected chi connectivity index (χ4v) is 9.09. The normalized spacial score (nSPS) is 11.3. The first-order valence-electron chi connectivity index (χ1n) is 15.4. The van der Waals surface area contributed by atoms with Crippen molar-refractivity contribution in [2.45, 2.75) is 0 Å². The molecule has 0 spiro atoms. The first-order valence-corrected chi connectivity index (χ1v) is 17.1. The number of nitrogens with zero attached hydrogens (tertiary/aromatic N) is 8. The molecule has 0 unspecified atom stereocenters. The van der Waals surface area contributed by atoms with Gasteiger partial charge in [0.25, 0.3) is 0 Å². The molecule has 0 saturated carbocycles. The molecule has 0 saturated heterocycles. The number of aryl methyl sites for hydroxylation is 8. The molecule has 4 aromatic carbocycles. The highest BCUT2D eigenvalue weighted by Crippen LogP contribution is 2.20. The Morgan fingerprint density at radius 1 is 0.375 bits per heavy atom. The Hall–Kier alpha value is -3.18. The van der Waals surface area contributed by atoms with Gasteiger partial charge in [0.2, 0.25) is 0 Å². The molecule has 0 bridgehead atoms. The summed E-state index contributed by atoms with van der Waals surface area (Å²) in [6, 6.07) is 34.2. The maximum atomic E-state index is 2.29. The zero-order chi connectivity index (χ0) is 32.3. The largest absolute Gasteiger partial charge is 1.00 e. The number of hydrogen-bond donors (Lipinski definition) is 0. The van der Waals surface area contributed by atoms with Crippen molar-refractivity contribution in [3.63, 3.8) is 0 Å². The van der Waals surface area contributed by atoms with E-state index in [2.05, 4.69) is 190 Å². The van der Waals surface area contributed by atoms with Crippen LogP contribution in [0.15, 0.2) is 97.1 Å². The van der Waals surface area contributed by atoms with Crippen LogP contribution in [0.3, 0.4) is 0 Å². The summed E-state index contributed by atoms with van der Waals surface area (Å²) in [6.45, 7) is 0. The van der Waals surface area contributed by atoms with E-state index in [0.717, 1.165) is 0 Å². The number of aromatic nitrogens is 8. The summed E-state index contributed by atoms with van der Waals surface area (Å²) in [7, 11) is 19.6. The van der Waals surface area contributed by atoms with Crippen LogP contribution in [0.2, 0.25) is 0 Å². The molecule has 0 fully saturated rings. The molecule has 8 aromatic rings. The quantitative estimate of drug-likeness (QED) is 0.125. The van der Waals surface area contributed by atoms with E-state index in [-0.39, 0.29) is 48.0 Å². The van der Waals surface area contributed by atoms with Gasteiger partial charge in [-0.05, 0) is 48.5 Å². The third kappa shape index (κ3) is 5.88. The third-order valence-corrected chi connectivity index (χ3v) is 12.4. The molecule has 0 atom stereocenters. The van der Waals surface area contributed by atoms with Crippen LogP contribution in [0.5, 0.6) is 0 Å². The molecule has 0 aliphatic heterocycles. The van der Waals surface area contributed by atoms with Crippen LogP contribution >= 0.6 is 16.4 Å². The van der Waals surface area contributed by atoms with Crippen molar-refractivity contribution in [2.24, 2.45) is 56.4 Å². The fourth-order valence-electron chi connectivity index (χ4n) is 6.67. The average molecular weight is 901 g/mol. The maximum absolute atomic E-state index is 2.29. The minimum atomic E-state index is 0. The molecule has 4 heterocycles. The molecule has 0 aliphatic rings. The highest BCUT2D eigenvalue weighted by atomic mass is 127. The Kier molecular flexibility index (Phi) is 10.8. The van der Waals surface area contributed by atoms with Gasteiger partial charge in [-0.25, -0.2) is 18.3 Å². The highest BCUT2D eigenvalue weighted by Gasteiger charge is 2.20. The van der Waals surface area contributed by atoms with Crippen LogP contribution in [0.4, 0.5) is 0 Å². The van der Waals surface area contributed by atoms with Crippen molar-refractivity contribution in [3.8, 4) is 0 Å². The summed E-state index contributed by atoms with van der Waals surface area (Å²) < 4.78 is 18.3. The van der Waals surface area contributed by atoms with E-state index >= 15 is 0 Å². The number of para-hydroxylation sites is 8. The second kappa shape index (κ2) is 14.4. The molecule has 0 N–H and O–H groups in total. The SMILES string of the molecule is Cn1c(P=c2n(C)c3ccccc3n2C)[n+](C)c2ccccc21.Cn1c(P=c2n(C)c3ccccc3n2C)[n+](C)c2ccccc21.[I-].[I-]. The van der Waals surface area contributed by atoms with Crippen LogP contribution in [0, 0.1) is 10.4 Å². The molecular formula is C36H40I2N8P2. The standard InChI is InChI=1S/2C18H20N4P.2HI/c2*1-19-13-9-5-6-10-14(13)20(2)17(19)23-18-21(3)15-11-7-8-12-16(15)22(18)4;;/h2*5-12H,1-4H3;2*1H/q2*+1;;/p-2. The van der Waals surface area contributed by atoms with E-state index in [4.69, 9.17) is 0 Å². The smallest absolute Gasteiger partial charge is 0.310 e. The van der Waals surface area contributed by atoms with Gasteiger partial charge in [0.15, 0.2) is 22.1 Å². The lowest BCUT2D eigenvalue weighted by Gasteiger charge is -1.96. The Bertz CT molecular complexity index is 2250. The van der Waals surface area contributed by atoms with Crippen molar-refractivity contribution in [3.05, 3.63) is 107 Å². The predicted octanol–water partition coefficient (Wildman–Crippen LogP) is -0.719. The van der Waals surface area contributed by atoms with E-state index in [0.29, 0.717) is 0 Å². The Morgan fingerprint density at radius 2 is 0.625 bits per heavy atom. The fraction of sp³-hybridized carbons (Fsp3) is 0.222. The van der Waals surface area contributed by atoms with E-state index in [1.54, 1.807) is 0 Å².